The largest absolute Gasteiger partial charge is 0.507 e. The normalized spacial score (nSPS) is 15.9. The van der Waals surface area contributed by atoms with Gasteiger partial charge in [-0.1, -0.05) is 15.9 Å². The van der Waals surface area contributed by atoms with Gasteiger partial charge in [-0.25, -0.2) is 4.79 Å². The van der Waals surface area contributed by atoms with E-state index in [0.717, 1.165) is 4.47 Å². The number of rotatable bonds is 2. The van der Waals surface area contributed by atoms with Crippen molar-refractivity contribution >= 4 is 27.9 Å². The van der Waals surface area contributed by atoms with Gasteiger partial charge in [-0.2, -0.15) is 0 Å². The third-order valence-electron chi connectivity index (χ3n) is 3.69. The molecule has 0 radical (unpaired) electrons. The summed E-state index contributed by atoms with van der Waals surface area (Å²) < 4.78 is 6.08. The smallest absolute Gasteiger partial charge is 0.410 e. The fraction of sp³-hybridized carbons (Fsp3) is 0.529. The molecular formula is C17H23BrN2O4. The van der Waals surface area contributed by atoms with Crippen LogP contribution in [0.4, 0.5) is 4.79 Å². The van der Waals surface area contributed by atoms with Crippen LogP contribution in [0.3, 0.4) is 0 Å². The number of phenols is 1. The van der Waals surface area contributed by atoms with E-state index in [2.05, 4.69) is 21.2 Å². The van der Waals surface area contributed by atoms with Crippen LogP contribution in [0, 0.1) is 0 Å². The van der Waals surface area contributed by atoms with Gasteiger partial charge in [-0.3, -0.25) is 4.79 Å². The zero-order valence-corrected chi connectivity index (χ0v) is 15.7. The predicted octanol–water partition coefficient (Wildman–Crippen LogP) is 3.28. The van der Waals surface area contributed by atoms with Crippen LogP contribution in [0.15, 0.2) is 22.7 Å². The summed E-state index contributed by atoms with van der Waals surface area (Å²) in [5, 5.41) is 12.7. The maximum Gasteiger partial charge on any atom is 0.410 e. The molecule has 1 heterocycles. The van der Waals surface area contributed by atoms with Gasteiger partial charge in [-0.15, -0.1) is 0 Å². The van der Waals surface area contributed by atoms with Crippen molar-refractivity contribution < 1.29 is 19.4 Å². The molecule has 0 saturated carbocycles. The number of carbonyl (C=O) groups is 2. The number of carbonyl (C=O) groups excluding carboxylic acids is 2. The van der Waals surface area contributed by atoms with Crippen LogP contribution < -0.4 is 5.32 Å². The predicted molar refractivity (Wildman–Crippen MR) is 94.1 cm³/mol. The van der Waals surface area contributed by atoms with Crippen LogP contribution in [0.1, 0.15) is 44.0 Å². The van der Waals surface area contributed by atoms with Crippen LogP contribution in [0.25, 0.3) is 0 Å². The molecular weight excluding hydrogens is 376 g/mol. The van der Waals surface area contributed by atoms with Crippen molar-refractivity contribution in [2.45, 2.75) is 45.3 Å². The highest BCUT2D eigenvalue weighted by Gasteiger charge is 2.28. The first-order chi connectivity index (χ1) is 11.2. The molecule has 1 saturated heterocycles. The molecule has 0 aromatic heterocycles. The second-order valence-corrected chi connectivity index (χ2v) is 7.79. The van der Waals surface area contributed by atoms with Gasteiger partial charge in [0, 0.05) is 23.6 Å². The Labute approximate surface area is 150 Å². The third-order valence-corrected chi connectivity index (χ3v) is 4.18. The second-order valence-electron chi connectivity index (χ2n) is 6.88. The molecule has 2 rings (SSSR count). The molecule has 24 heavy (non-hydrogen) atoms. The van der Waals surface area contributed by atoms with Crippen molar-refractivity contribution in [3.05, 3.63) is 28.2 Å². The molecule has 0 unspecified atom stereocenters. The second kappa shape index (κ2) is 7.42. The standard InChI is InChI=1S/C17H23BrN2O4/c1-17(2,3)24-16(23)20-8-6-12(7-9-20)19-15(22)13-10-11(18)4-5-14(13)21/h4-5,10,12,21H,6-9H2,1-3H3,(H,19,22). The molecule has 1 aromatic carbocycles. The lowest BCUT2D eigenvalue weighted by atomic mass is 10.0. The Bertz CT molecular complexity index is 620. The molecule has 2 amide bonds. The van der Waals surface area contributed by atoms with Gasteiger partial charge in [0.2, 0.25) is 0 Å². The number of hydrogen-bond donors (Lipinski definition) is 2. The van der Waals surface area contributed by atoms with E-state index in [-0.39, 0.29) is 29.4 Å². The number of halogens is 1. The van der Waals surface area contributed by atoms with Gasteiger partial charge in [0.15, 0.2) is 0 Å². The molecule has 132 valence electrons. The molecule has 0 aliphatic carbocycles. The number of benzene rings is 1. The Balaban J connectivity index is 1.88. The van der Waals surface area contributed by atoms with Crippen LogP contribution >= 0.6 is 15.9 Å². The molecule has 0 bridgehead atoms. The summed E-state index contributed by atoms with van der Waals surface area (Å²) in [6.07, 6.45) is 0.983. The van der Waals surface area contributed by atoms with Gasteiger partial charge < -0.3 is 20.1 Å². The van der Waals surface area contributed by atoms with E-state index in [1.807, 2.05) is 20.8 Å². The first-order valence-corrected chi connectivity index (χ1v) is 8.72. The van der Waals surface area contributed by atoms with Crippen LogP contribution in [0.2, 0.25) is 0 Å². The van der Waals surface area contributed by atoms with Crippen molar-refractivity contribution in [3.8, 4) is 5.75 Å². The minimum absolute atomic E-state index is 0.0328. The third kappa shape index (κ3) is 5.12. The average Bonchev–Trinajstić information content (AvgIpc) is 2.48. The van der Waals surface area contributed by atoms with Crippen molar-refractivity contribution in [2.75, 3.05) is 13.1 Å². The minimum atomic E-state index is -0.514. The SMILES string of the molecule is CC(C)(C)OC(=O)N1CCC(NC(=O)c2cc(Br)ccc2O)CC1. The van der Waals surface area contributed by atoms with E-state index in [0.29, 0.717) is 25.9 Å². The van der Waals surface area contributed by atoms with Crippen molar-refractivity contribution in [2.24, 2.45) is 0 Å². The molecule has 1 fully saturated rings. The summed E-state index contributed by atoms with van der Waals surface area (Å²) in [5.41, 5.74) is -0.278. The minimum Gasteiger partial charge on any atom is -0.507 e. The Hall–Kier alpha value is -1.76. The van der Waals surface area contributed by atoms with E-state index in [4.69, 9.17) is 4.74 Å². The first kappa shape index (κ1) is 18.6. The maximum atomic E-state index is 12.3. The van der Waals surface area contributed by atoms with Gasteiger partial charge in [-0.05, 0) is 51.8 Å². The molecule has 1 aliphatic rings. The van der Waals surface area contributed by atoms with Crippen molar-refractivity contribution in [1.29, 1.82) is 0 Å². The van der Waals surface area contributed by atoms with E-state index in [1.165, 1.54) is 6.07 Å². The fourth-order valence-corrected chi connectivity index (χ4v) is 2.85. The average molecular weight is 399 g/mol. The van der Waals surface area contributed by atoms with Crippen LogP contribution in [-0.2, 0) is 4.74 Å². The monoisotopic (exact) mass is 398 g/mol. The maximum absolute atomic E-state index is 12.3. The van der Waals surface area contributed by atoms with Gasteiger partial charge in [0.25, 0.3) is 5.91 Å². The van der Waals surface area contributed by atoms with E-state index >= 15 is 0 Å². The Morgan fingerprint density at radius 3 is 2.50 bits per heavy atom. The van der Waals surface area contributed by atoms with Gasteiger partial charge in [0.1, 0.15) is 11.4 Å². The van der Waals surface area contributed by atoms with Crippen LogP contribution in [-0.4, -0.2) is 46.7 Å². The Morgan fingerprint density at radius 2 is 1.92 bits per heavy atom. The molecule has 0 spiro atoms. The molecule has 1 aliphatic heterocycles. The Kier molecular flexibility index (Phi) is 5.74. The lowest BCUT2D eigenvalue weighted by Crippen LogP contribution is -2.47. The lowest BCUT2D eigenvalue weighted by molar-refractivity contribution is 0.0199. The summed E-state index contributed by atoms with van der Waals surface area (Å²) in [7, 11) is 0. The van der Waals surface area contributed by atoms with E-state index in [9.17, 15) is 14.7 Å². The number of likely N-dealkylation sites (tertiary alicyclic amines) is 1. The number of phenolic OH excluding ortho intramolecular Hbond substituents is 1. The molecule has 0 atom stereocenters. The number of nitrogens with one attached hydrogen (secondary N) is 1. The number of hydrogen-bond acceptors (Lipinski definition) is 4. The number of ether oxygens (including phenoxy) is 1. The highest BCUT2D eigenvalue weighted by atomic mass is 79.9. The molecule has 2 N–H and O–H groups in total. The van der Waals surface area contributed by atoms with E-state index < -0.39 is 5.60 Å². The molecule has 1 aromatic rings. The lowest BCUT2D eigenvalue weighted by Gasteiger charge is -2.33. The summed E-state index contributed by atoms with van der Waals surface area (Å²) >= 11 is 3.29. The summed E-state index contributed by atoms with van der Waals surface area (Å²) in [6.45, 7) is 6.57. The van der Waals surface area contributed by atoms with Gasteiger partial charge >= 0.3 is 6.09 Å². The zero-order chi connectivity index (χ0) is 17.9. The number of amides is 2. The van der Waals surface area contributed by atoms with Gasteiger partial charge in [0.05, 0.1) is 5.56 Å². The summed E-state index contributed by atoms with van der Waals surface area (Å²) in [5.74, 6) is -0.369. The zero-order valence-electron chi connectivity index (χ0n) is 14.1. The number of nitrogens with zero attached hydrogens (tertiary/aromatic N) is 1. The van der Waals surface area contributed by atoms with Crippen molar-refractivity contribution in [1.82, 2.24) is 10.2 Å². The molecule has 6 nitrogen and oxygen atoms in total. The topological polar surface area (TPSA) is 78.9 Å². The highest BCUT2D eigenvalue weighted by molar-refractivity contribution is 9.10. The Morgan fingerprint density at radius 1 is 1.29 bits per heavy atom. The van der Waals surface area contributed by atoms with Crippen molar-refractivity contribution in [3.63, 3.8) is 0 Å². The quantitative estimate of drug-likeness (QED) is 0.800. The summed E-state index contributed by atoms with van der Waals surface area (Å²) in [4.78, 5) is 26.0. The fourth-order valence-electron chi connectivity index (χ4n) is 2.49. The number of aromatic hydroxyl groups is 1. The van der Waals surface area contributed by atoms with Crippen LogP contribution in [0.5, 0.6) is 5.75 Å². The number of piperidine rings is 1. The highest BCUT2D eigenvalue weighted by Crippen LogP contribution is 2.22. The first-order valence-electron chi connectivity index (χ1n) is 7.93. The van der Waals surface area contributed by atoms with E-state index in [1.54, 1.807) is 17.0 Å². The summed E-state index contributed by atoms with van der Waals surface area (Å²) in [6, 6.07) is 4.70. The molecule has 7 heteroatoms.